The predicted octanol–water partition coefficient (Wildman–Crippen LogP) is 3.50. The highest BCUT2D eigenvalue weighted by Crippen LogP contribution is 2.22. The van der Waals surface area contributed by atoms with Crippen molar-refractivity contribution < 1.29 is 9.59 Å². The van der Waals surface area contributed by atoms with E-state index in [1.807, 2.05) is 0 Å². The van der Waals surface area contributed by atoms with Gasteiger partial charge in [-0.15, -0.1) is 0 Å². The second-order valence-corrected chi connectivity index (χ2v) is 8.53. The normalized spacial score (nSPS) is 29.3. The summed E-state index contributed by atoms with van der Waals surface area (Å²) in [7, 11) is 0. The molecule has 2 fully saturated rings. The van der Waals surface area contributed by atoms with Gasteiger partial charge in [0.1, 0.15) is 0 Å². The monoisotopic (exact) mass is 386 g/mol. The Morgan fingerprint density at radius 1 is 0.679 bits per heavy atom. The predicted molar refractivity (Wildman–Crippen MR) is 111 cm³/mol. The van der Waals surface area contributed by atoms with Gasteiger partial charge in [0.25, 0.3) is 11.8 Å². The Labute approximate surface area is 168 Å². The highest BCUT2D eigenvalue weighted by Gasteiger charge is 2.27. The van der Waals surface area contributed by atoms with Gasteiger partial charge in [0.15, 0.2) is 0 Å². The van der Waals surface area contributed by atoms with Crippen molar-refractivity contribution in [2.75, 3.05) is 0 Å². The molecule has 0 saturated carbocycles. The zero-order valence-electron chi connectivity index (χ0n) is 17.6. The Bertz CT molecular complexity index is 611. The summed E-state index contributed by atoms with van der Waals surface area (Å²) >= 11 is 0. The molecule has 4 atom stereocenters. The molecule has 2 aliphatic heterocycles. The molecular weight excluding hydrogens is 352 g/mol. The number of carbonyl (C=O) groups excluding carboxylic acids is 2. The molecule has 0 aliphatic carbocycles. The molecule has 1 aromatic carbocycles. The summed E-state index contributed by atoms with van der Waals surface area (Å²) in [4.78, 5) is 25.3. The van der Waals surface area contributed by atoms with E-state index in [4.69, 9.17) is 0 Å². The first-order valence-corrected chi connectivity index (χ1v) is 10.7. The molecule has 0 spiro atoms. The van der Waals surface area contributed by atoms with Crippen molar-refractivity contribution in [1.29, 1.82) is 0 Å². The minimum absolute atomic E-state index is 0.120. The number of hydrazine groups is 2. The molecule has 0 bridgehead atoms. The van der Waals surface area contributed by atoms with Gasteiger partial charge in [-0.25, -0.2) is 10.0 Å². The highest BCUT2D eigenvalue weighted by molar-refractivity contribution is 5.97. The standard InChI is InChI=1S/C22H34N4O2/c1-15-7-5-8-16(2)25(15)23-21(27)19-11-13-20(14-12-19)22(28)24-26-17(3)9-6-10-18(26)4/h11-18H,5-10H2,1-4H3,(H,23,27)(H,24,28)/t15-,16+,17-,18+. The van der Waals surface area contributed by atoms with Crippen LogP contribution in [0.4, 0.5) is 0 Å². The van der Waals surface area contributed by atoms with E-state index in [1.54, 1.807) is 24.3 Å². The van der Waals surface area contributed by atoms with Gasteiger partial charge in [0.2, 0.25) is 0 Å². The summed E-state index contributed by atoms with van der Waals surface area (Å²) in [6.07, 6.45) is 6.78. The molecule has 2 aliphatic rings. The molecule has 2 amide bonds. The van der Waals surface area contributed by atoms with E-state index in [2.05, 4.69) is 48.6 Å². The van der Waals surface area contributed by atoms with Gasteiger partial charge in [0.05, 0.1) is 0 Å². The molecule has 3 rings (SSSR count). The number of piperidine rings is 2. The summed E-state index contributed by atoms with van der Waals surface area (Å²) < 4.78 is 0. The maximum Gasteiger partial charge on any atom is 0.265 e. The number of hydrogen-bond acceptors (Lipinski definition) is 4. The Kier molecular flexibility index (Phi) is 6.73. The van der Waals surface area contributed by atoms with Gasteiger partial charge in [-0.3, -0.25) is 20.4 Å². The van der Waals surface area contributed by atoms with E-state index < -0.39 is 0 Å². The van der Waals surface area contributed by atoms with Gasteiger partial charge < -0.3 is 0 Å². The quantitative estimate of drug-likeness (QED) is 0.831. The van der Waals surface area contributed by atoms with E-state index in [-0.39, 0.29) is 11.8 Å². The summed E-state index contributed by atoms with van der Waals surface area (Å²) in [6.45, 7) is 8.58. The van der Waals surface area contributed by atoms with Gasteiger partial charge in [-0.1, -0.05) is 12.8 Å². The lowest BCUT2D eigenvalue weighted by Crippen LogP contribution is -2.54. The fraction of sp³-hybridized carbons (Fsp3) is 0.636. The largest absolute Gasteiger partial charge is 0.284 e. The average Bonchev–Trinajstić information content (AvgIpc) is 2.67. The van der Waals surface area contributed by atoms with Crippen LogP contribution in [0.3, 0.4) is 0 Å². The summed E-state index contributed by atoms with van der Waals surface area (Å²) in [5, 5.41) is 4.12. The molecular formula is C22H34N4O2. The van der Waals surface area contributed by atoms with E-state index in [1.165, 1.54) is 12.8 Å². The third kappa shape index (κ3) is 4.73. The highest BCUT2D eigenvalue weighted by atomic mass is 16.2. The zero-order valence-corrected chi connectivity index (χ0v) is 17.6. The van der Waals surface area contributed by atoms with Crippen molar-refractivity contribution in [3.8, 4) is 0 Å². The van der Waals surface area contributed by atoms with Crippen molar-refractivity contribution in [3.05, 3.63) is 35.4 Å². The minimum Gasteiger partial charge on any atom is -0.284 e. The zero-order chi connectivity index (χ0) is 20.3. The van der Waals surface area contributed by atoms with Crippen LogP contribution in [0.25, 0.3) is 0 Å². The number of rotatable bonds is 4. The lowest BCUT2D eigenvalue weighted by atomic mass is 9.99. The topological polar surface area (TPSA) is 64.7 Å². The SMILES string of the molecule is C[C@@H]1CCC[C@H](C)N1NC(=O)c1ccc(C(=O)NN2[C@H](C)CCC[C@@H]2C)cc1. The minimum atomic E-state index is -0.120. The number of amides is 2. The molecule has 6 nitrogen and oxygen atoms in total. The third-order valence-electron chi connectivity index (χ3n) is 6.26. The van der Waals surface area contributed by atoms with Crippen LogP contribution in [0.15, 0.2) is 24.3 Å². The maximum atomic E-state index is 12.6. The molecule has 2 heterocycles. The number of carbonyl (C=O) groups is 2. The lowest BCUT2D eigenvalue weighted by Gasteiger charge is -2.38. The van der Waals surface area contributed by atoms with Crippen molar-refractivity contribution in [1.82, 2.24) is 20.9 Å². The smallest absolute Gasteiger partial charge is 0.265 e. The van der Waals surface area contributed by atoms with Crippen molar-refractivity contribution in [3.63, 3.8) is 0 Å². The molecule has 1 aromatic rings. The number of nitrogens with one attached hydrogen (secondary N) is 2. The molecule has 0 unspecified atom stereocenters. The maximum absolute atomic E-state index is 12.6. The first-order valence-electron chi connectivity index (χ1n) is 10.7. The third-order valence-corrected chi connectivity index (χ3v) is 6.26. The number of hydrogen-bond donors (Lipinski definition) is 2. The van der Waals surface area contributed by atoms with Crippen LogP contribution < -0.4 is 10.9 Å². The van der Waals surface area contributed by atoms with Crippen LogP contribution in [-0.4, -0.2) is 46.0 Å². The van der Waals surface area contributed by atoms with E-state index in [9.17, 15) is 9.59 Å². The van der Waals surface area contributed by atoms with Crippen molar-refractivity contribution in [2.24, 2.45) is 0 Å². The fourth-order valence-corrected chi connectivity index (χ4v) is 4.42. The van der Waals surface area contributed by atoms with Gasteiger partial charge in [-0.05, 0) is 77.6 Å². The molecule has 6 heteroatoms. The van der Waals surface area contributed by atoms with Gasteiger partial charge >= 0.3 is 0 Å². The van der Waals surface area contributed by atoms with Gasteiger partial charge in [-0.2, -0.15) is 0 Å². The summed E-state index contributed by atoms with van der Waals surface area (Å²) in [5.74, 6) is -0.239. The Balaban J connectivity index is 1.61. The molecule has 0 aromatic heterocycles. The second-order valence-electron chi connectivity index (χ2n) is 8.53. The van der Waals surface area contributed by atoms with E-state index >= 15 is 0 Å². The van der Waals surface area contributed by atoms with E-state index in [0.29, 0.717) is 35.3 Å². The lowest BCUT2D eigenvalue weighted by molar-refractivity contribution is 0.0365. The second kappa shape index (κ2) is 9.05. The Hall–Kier alpha value is -1.92. The molecule has 2 N–H and O–H groups in total. The van der Waals surface area contributed by atoms with Crippen molar-refractivity contribution >= 4 is 11.8 Å². The first-order chi connectivity index (χ1) is 13.4. The van der Waals surface area contributed by atoms with Crippen molar-refractivity contribution in [2.45, 2.75) is 90.4 Å². The van der Waals surface area contributed by atoms with Crippen LogP contribution in [0.2, 0.25) is 0 Å². The number of nitrogens with zero attached hydrogens (tertiary/aromatic N) is 2. The van der Waals surface area contributed by atoms with Crippen LogP contribution in [0, 0.1) is 0 Å². The molecule has 28 heavy (non-hydrogen) atoms. The van der Waals surface area contributed by atoms with Crippen LogP contribution in [0.1, 0.15) is 86.9 Å². The molecule has 2 saturated heterocycles. The fourth-order valence-electron chi connectivity index (χ4n) is 4.42. The van der Waals surface area contributed by atoms with Crippen LogP contribution in [-0.2, 0) is 0 Å². The Morgan fingerprint density at radius 3 is 1.25 bits per heavy atom. The molecule has 154 valence electrons. The van der Waals surface area contributed by atoms with Crippen LogP contribution >= 0.6 is 0 Å². The van der Waals surface area contributed by atoms with E-state index in [0.717, 1.165) is 25.7 Å². The summed E-state index contributed by atoms with van der Waals surface area (Å²) in [5.41, 5.74) is 7.23. The summed E-state index contributed by atoms with van der Waals surface area (Å²) in [6, 6.07) is 8.27. The van der Waals surface area contributed by atoms with Crippen LogP contribution in [0.5, 0.6) is 0 Å². The van der Waals surface area contributed by atoms with Gasteiger partial charge in [0, 0.05) is 35.3 Å². The number of benzene rings is 1. The molecule has 0 radical (unpaired) electrons. The first kappa shape index (κ1) is 20.8. The Morgan fingerprint density at radius 2 is 0.964 bits per heavy atom. The average molecular weight is 387 g/mol.